The van der Waals surface area contributed by atoms with Crippen LogP contribution in [0.15, 0.2) is 24.3 Å². The third-order valence-electron chi connectivity index (χ3n) is 4.47. The molecule has 27 heavy (non-hydrogen) atoms. The molecular weight excluding hydrogens is 370 g/mol. The first-order valence-electron chi connectivity index (χ1n) is 8.85. The number of fused-ring (bicyclic) bond motifs is 1. The average Bonchev–Trinajstić information content (AvgIpc) is 3.06. The maximum Gasteiger partial charge on any atom is 0.359 e. The van der Waals surface area contributed by atoms with Crippen molar-refractivity contribution < 1.29 is 19.1 Å². The molecule has 0 radical (unpaired) electrons. The Balaban J connectivity index is 1.97. The van der Waals surface area contributed by atoms with E-state index in [1.54, 1.807) is 35.7 Å². The number of aromatic nitrogens is 2. The van der Waals surface area contributed by atoms with Crippen LogP contribution >= 0.6 is 11.6 Å². The first-order valence-corrected chi connectivity index (χ1v) is 9.23. The molecule has 1 aromatic heterocycles. The van der Waals surface area contributed by atoms with E-state index in [1.165, 1.54) is 0 Å². The normalized spacial score (nSPS) is 13.4. The van der Waals surface area contributed by atoms with Crippen molar-refractivity contribution >= 4 is 23.5 Å². The number of methoxy groups -OCH3 is 1. The summed E-state index contributed by atoms with van der Waals surface area (Å²) in [7, 11) is 1.57. The van der Waals surface area contributed by atoms with E-state index in [9.17, 15) is 9.59 Å². The Morgan fingerprint density at radius 2 is 2.00 bits per heavy atom. The summed E-state index contributed by atoms with van der Waals surface area (Å²) in [6, 6.07) is 7.25. The van der Waals surface area contributed by atoms with Gasteiger partial charge >= 0.3 is 5.97 Å². The van der Waals surface area contributed by atoms with Gasteiger partial charge in [-0.25, -0.2) is 9.48 Å². The lowest BCUT2D eigenvalue weighted by atomic mass is 10.0. The van der Waals surface area contributed by atoms with Crippen molar-refractivity contribution in [2.75, 3.05) is 26.9 Å². The Hall–Kier alpha value is -2.38. The first kappa shape index (κ1) is 19.4. The molecule has 0 spiro atoms. The van der Waals surface area contributed by atoms with Gasteiger partial charge < -0.3 is 14.4 Å². The number of nitrogens with zero attached hydrogens (tertiary/aromatic N) is 3. The predicted octanol–water partition coefficient (Wildman–Crippen LogP) is 2.62. The van der Waals surface area contributed by atoms with Crippen molar-refractivity contribution in [2.45, 2.75) is 26.3 Å². The Kier molecular flexibility index (Phi) is 6.13. The van der Waals surface area contributed by atoms with Crippen LogP contribution in [0.25, 0.3) is 5.69 Å². The maximum absolute atomic E-state index is 12.4. The number of hydrogen-bond acceptors (Lipinski definition) is 5. The first-order chi connectivity index (χ1) is 13.0. The van der Waals surface area contributed by atoms with Crippen LogP contribution in [0, 0.1) is 0 Å². The highest BCUT2D eigenvalue weighted by Crippen LogP contribution is 2.27. The molecule has 3 rings (SSSR count). The van der Waals surface area contributed by atoms with Crippen LogP contribution < -0.4 is 0 Å². The monoisotopic (exact) mass is 391 g/mol. The Labute approximate surface area is 162 Å². The van der Waals surface area contributed by atoms with E-state index in [0.29, 0.717) is 37.6 Å². The van der Waals surface area contributed by atoms with Crippen molar-refractivity contribution in [3.05, 3.63) is 46.2 Å². The lowest BCUT2D eigenvalue weighted by Crippen LogP contribution is -2.37. The molecule has 2 heterocycles. The summed E-state index contributed by atoms with van der Waals surface area (Å²) in [5.74, 6) is -0.482. The largest absolute Gasteiger partial charge is 0.461 e. The van der Waals surface area contributed by atoms with E-state index >= 15 is 0 Å². The lowest BCUT2D eigenvalue weighted by Gasteiger charge is -2.27. The van der Waals surface area contributed by atoms with Crippen molar-refractivity contribution in [3.63, 3.8) is 0 Å². The van der Waals surface area contributed by atoms with Crippen molar-refractivity contribution in [1.29, 1.82) is 0 Å². The third kappa shape index (κ3) is 4.14. The van der Waals surface area contributed by atoms with Gasteiger partial charge in [-0.3, -0.25) is 4.79 Å². The molecule has 0 N–H and O–H groups in total. The second-order valence-corrected chi connectivity index (χ2v) is 6.63. The number of halogens is 1. The van der Waals surface area contributed by atoms with Crippen LogP contribution in [0.3, 0.4) is 0 Å². The summed E-state index contributed by atoms with van der Waals surface area (Å²) in [4.78, 5) is 26.5. The zero-order valence-corrected chi connectivity index (χ0v) is 16.2. The second-order valence-electron chi connectivity index (χ2n) is 6.19. The number of carbonyl (C=O) groups excluding carboxylic acids is 2. The fourth-order valence-corrected chi connectivity index (χ4v) is 3.26. The van der Waals surface area contributed by atoms with E-state index in [2.05, 4.69) is 5.10 Å². The number of amides is 1. The molecule has 8 heteroatoms. The molecule has 1 aliphatic heterocycles. The number of hydrogen-bond donors (Lipinski definition) is 0. The van der Waals surface area contributed by atoms with Gasteiger partial charge in [0.2, 0.25) is 5.91 Å². The molecule has 0 saturated carbocycles. The highest BCUT2D eigenvalue weighted by molar-refractivity contribution is 6.30. The molecule has 0 atom stereocenters. The molecule has 0 unspecified atom stereocenters. The van der Waals surface area contributed by atoms with Gasteiger partial charge in [0, 0.05) is 37.2 Å². The summed E-state index contributed by atoms with van der Waals surface area (Å²) in [5.41, 5.74) is 2.72. The van der Waals surface area contributed by atoms with Gasteiger partial charge in [0.05, 0.1) is 31.0 Å². The molecule has 0 saturated heterocycles. The van der Waals surface area contributed by atoms with Crippen LogP contribution in [0.2, 0.25) is 5.02 Å². The number of ether oxygens (including phenoxy) is 2. The summed E-state index contributed by atoms with van der Waals surface area (Å²) in [6.45, 7) is 3.28. The minimum Gasteiger partial charge on any atom is -0.461 e. The summed E-state index contributed by atoms with van der Waals surface area (Å²) < 4.78 is 11.9. The molecule has 2 aromatic rings. The van der Waals surface area contributed by atoms with E-state index in [-0.39, 0.29) is 18.2 Å². The Morgan fingerprint density at radius 3 is 2.67 bits per heavy atom. The summed E-state index contributed by atoms with van der Waals surface area (Å²) >= 11 is 5.98. The lowest BCUT2D eigenvalue weighted by molar-refractivity contribution is -0.133. The molecule has 1 aromatic carbocycles. The van der Waals surface area contributed by atoms with Crippen LogP contribution in [0.1, 0.15) is 35.1 Å². The van der Waals surface area contributed by atoms with Crippen LogP contribution in [-0.4, -0.2) is 53.4 Å². The zero-order valence-electron chi connectivity index (χ0n) is 15.4. The van der Waals surface area contributed by atoms with E-state index in [0.717, 1.165) is 16.9 Å². The summed E-state index contributed by atoms with van der Waals surface area (Å²) in [5, 5.41) is 5.13. The van der Waals surface area contributed by atoms with Gasteiger partial charge in [-0.1, -0.05) is 11.6 Å². The molecule has 1 amide bonds. The minimum atomic E-state index is -0.479. The van der Waals surface area contributed by atoms with Gasteiger partial charge in [0.25, 0.3) is 0 Å². The molecule has 1 aliphatic rings. The topological polar surface area (TPSA) is 73.7 Å². The summed E-state index contributed by atoms with van der Waals surface area (Å²) in [6.07, 6.45) is 0.912. The second kappa shape index (κ2) is 8.54. The standard InChI is InChI=1S/C19H22ClN3O4/c1-3-27-19(25)18-15-12-22(17(24)9-11-26-2)10-8-16(15)23(21-18)14-6-4-13(20)5-7-14/h4-7H,3,8-12H2,1-2H3. The molecule has 144 valence electrons. The van der Waals surface area contributed by atoms with Crippen LogP contribution in [0.5, 0.6) is 0 Å². The van der Waals surface area contributed by atoms with Gasteiger partial charge in [-0.15, -0.1) is 0 Å². The van der Waals surface area contributed by atoms with E-state index in [1.807, 2.05) is 12.1 Å². The van der Waals surface area contributed by atoms with Gasteiger partial charge in [0.15, 0.2) is 5.69 Å². The van der Waals surface area contributed by atoms with Crippen molar-refractivity contribution in [2.24, 2.45) is 0 Å². The maximum atomic E-state index is 12.4. The van der Waals surface area contributed by atoms with Gasteiger partial charge in [-0.2, -0.15) is 5.10 Å². The van der Waals surface area contributed by atoms with E-state index < -0.39 is 5.97 Å². The minimum absolute atomic E-state index is 0.00319. The third-order valence-corrected chi connectivity index (χ3v) is 4.72. The number of benzene rings is 1. The molecule has 7 nitrogen and oxygen atoms in total. The van der Waals surface area contributed by atoms with Crippen LogP contribution in [0.4, 0.5) is 0 Å². The molecular formula is C19H22ClN3O4. The highest BCUT2D eigenvalue weighted by Gasteiger charge is 2.31. The Morgan fingerprint density at radius 1 is 1.26 bits per heavy atom. The fraction of sp³-hybridized carbons (Fsp3) is 0.421. The van der Waals surface area contributed by atoms with Crippen molar-refractivity contribution in [1.82, 2.24) is 14.7 Å². The number of carbonyl (C=O) groups is 2. The fourth-order valence-electron chi connectivity index (χ4n) is 3.14. The average molecular weight is 392 g/mol. The predicted molar refractivity (Wildman–Crippen MR) is 100 cm³/mol. The molecule has 0 fully saturated rings. The Bertz CT molecular complexity index is 832. The highest BCUT2D eigenvalue weighted by atomic mass is 35.5. The van der Waals surface area contributed by atoms with Crippen molar-refractivity contribution in [3.8, 4) is 5.69 Å². The SMILES string of the molecule is CCOC(=O)c1nn(-c2ccc(Cl)cc2)c2c1CN(C(=O)CCOC)CC2. The molecule has 0 bridgehead atoms. The van der Waals surface area contributed by atoms with E-state index in [4.69, 9.17) is 21.1 Å². The number of rotatable bonds is 6. The van der Waals surface area contributed by atoms with Gasteiger partial charge in [0.1, 0.15) is 0 Å². The van der Waals surface area contributed by atoms with Crippen LogP contribution in [-0.2, 0) is 27.2 Å². The smallest absolute Gasteiger partial charge is 0.359 e. The zero-order chi connectivity index (χ0) is 19.4. The van der Waals surface area contributed by atoms with Gasteiger partial charge in [-0.05, 0) is 31.2 Å². The quantitative estimate of drug-likeness (QED) is 0.708. The number of esters is 1. The molecule has 0 aliphatic carbocycles.